The second-order valence-corrected chi connectivity index (χ2v) is 7.23. The van der Waals surface area contributed by atoms with Crippen LogP contribution in [-0.4, -0.2) is 35.0 Å². The maximum absolute atomic E-state index is 13.4. The Hall–Kier alpha value is -2.82. The predicted molar refractivity (Wildman–Crippen MR) is 96.5 cm³/mol. The van der Waals surface area contributed by atoms with Crippen LogP contribution in [0.4, 0.5) is 13.2 Å². The van der Waals surface area contributed by atoms with E-state index in [1.54, 1.807) is 18.2 Å². The Morgan fingerprint density at radius 3 is 2.62 bits per heavy atom. The Labute approximate surface area is 167 Å². The standard InChI is InChI=1S/C18H16F3N3O4S/c1-24-15(29-13-6-4-3-5-11(13)17(26)27-2)12(14(23-24)18(19,20)21)9-22-28-16(25)10-7-8-10/h3-6,9-10H,7-8H2,1-2H3/b22-9+. The normalized spacial score (nSPS) is 14.2. The summed E-state index contributed by atoms with van der Waals surface area (Å²) in [4.78, 5) is 28.6. The number of hydrogen-bond acceptors (Lipinski definition) is 7. The molecule has 154 valence electrons. The maximum Gasteiger partial charge on any atom is 0.435 e. The zero-order valence-corrected chi connectivity index (χ0v) is 16.2. The van der Waals surface area contributed by atoms with Gasteiger partial charge in [0.1, 0.15) is 5.03 Å². The van der Waals surface area contributed by atoms with Gasteiger partial charge in [0.2, 0.25) is 0 Å². The first kappa shape index (κ1) is 20.9. The summed E-state index contributed by atoms with van der Waals surface area (Å²) in [6.45, 7) is 0. The average Bonchev–Trinajstić information content (AvgIpc) is 3.48. The van der Waals surface area contributed by atoms with E-state index in [1.807, 2.05) is 0 Å². The smallest absolute Gasteiger partial charge is 0.435 e. The molecule has 7 nitrogen and oxygen atoms in total. The van der Waals surface area contributed by atoms with Crippen molar-refractivity contribution in [1.29, 1.82) is 0 Å². The summed E-state index contributed by atoms with van der Waals surface area (Å²) in [6, 6.07) is 6.33. The first-order valence-electron chi connectivity index (χ1n) is 8.46. The number of oxime groups is 1. The number of ether oxygens (including phenoxy) is 1. The summed E-state index contributed by atoms with van der Waals surface area (Å²) in [5.41, 5.74) is -1.35. The van der Waals surface area contributed by atoms with Crippen molar-refractivity contribution in [3.05, 3.63) is 41.1 Å². The van der Waals surface area contributed by atoms with Crippen molar-refractivity contribution in [1.82, 2.24) is 9.78 Å². The van der Waals surface area contributed by atoms with E-state index >= 15 is 0 Å². The maximum atomic E-state index is 13.4. The minimum absolute atomic E-state index is 0.0694. The Morgan fingerprint density at radius 2 is 2.00 bits per heavy atom. The van der Waals surface area contributed by atoms with Crippen LogP contribution < -0.4 is 0 Å². The number of carbonyl (C=O) groups is 2. The van der Waals surface area contributed by atoms with Gasteiger partial charge in [0.15, 0.2) is 5.69 Å². The largest absolute Gasteiger partial charge is 0.465 e. The van der Waals surface area contributed by atoms with E-state index in [-0.39, 0.29) is 22.1 Å². The third-order valence-corrected chi connectivity index (χ3v) is 5.29. The van der Waals surface area contributed by atoms with Gasteiger partial charge in [-0.15, -0.1) is 0 Å². The van der Waals surface area contributed by atoms with Crippen molar-refractivity contribution in [3.63, 3.8) is 0 Å². The van der Waals surface area contributed by atoms with Gasteiger partial charge < -0.3 is 9.57 Å². The molecule has 1 aromatic heterocycles. The van der Waals surface area contributed by atoms with E-state index < -0.39 is 23.8 Å². The lowest BCUT2D eigenvalue weighted by molar-refractivity contribution is -0.145. The SMILES string of the molecule is COC(=O)c1ccccc1Sc1c(/C=N/OC(=O)C2CC2)c(C(F)(F)F)nn1C. The second kappa shape index (κ2) is 8.27. The first-order chi connectivity index (χ1) is 13.7. The Balaban J connectivity index is 1.98. The van der Waals surface area contributed by atoms with Gasteiger partial charge in [-0.25, -0.2) is 9.59 Å². The highest BCUT2D eigenvalue weighted by Crippen LogP contribution is 2.38. The fraction of sp³-hybridized carbons (Fsp3) is 0.333. The fourth-order valence-corrected chi connectivity index (χ4v) is 3.48. The lowest BCUT2D eigenvalue weighted by Crippen LogP contribution is -2.09. The Bertz CT molecular complexity index is 968. The zero-order chi connectivity index (χ0) is 21.2. The summed E-state index contributed by atoms with van der Waals surface area (Å²) in [5, 5.41) is 7.04. The topological polar surface area (TPSA) is 82.8 Å². The monoisotopic (exact) mass is 427 g/mol. The predicted octanol–water partition coefficient (Wildman–Crippen LogP) is 3.66. The van der Waals surface area contributed by atoms with Crippen molar-refractivity contribution >= 4 is 29.9 Å². The molecule has 1 aliphatic carbocycles. The van der Waals surface area contributed by atoms with Gasteiger partial charge in [-0.3, -0.25) is 4.68 Å². The zero-order valence-electron chi connectivity index (χ0n) is 15.4. The minimum Gasteiger partial charge on any atom is -0.465 e. The van der Waals surface area contributed by atoms with Gasteiger partial charge in [0, 0.05) is 11.9 Å². The lowest BCUT2D eigenvalue weighted by atomic mass is 10.2. The molecule has 0 bridgehead atoms. The van der Waals surface area contributed by atoms with Crippen LogP contribution in [-0.2, 0) is 27.6 Å². The fourth-order valence-electron chi connectivity index (χ4n) is 2.43. The Morgan fingerprint density at radius 1 is 1.31 bits per heavy atom. The quantitative estimate of drug-likeness (QED) is 0.303. The van der Waals surface area contributed by atoms with Crippen LogP contribution in [0.1, 0.15) is 34.5 Å². The summed E-state index contributed by atoms with van der Waals surface area (Å²) < 4.78 is 46.1. The van der Waals surface area contributed by atoms with Crippen molar-refractivity contribution in [3.8, 4) is 0 Å². The molecule has 0 N–H and O–H groups in total. The van der Waals surface area contributed by atoms with Crippen molar-refractivity contribution < 1.29 is 32.3 Å². The summed E-state index contributed by atoms with van der Waals surface area (Å²) in [6.07, 6.45) is -2.57. The van der Waals surface area contributed by atoms with E-state index in [2.05, 4.69) is 15.1 Å². The summed E-state index contributed by atoms with van der Waals surface area (Å²) in [5.74, 6) is -1.45. The first-order valence-corrected chi connectivity index (χ1v) is 9.27. The molecule has 1 aromatic carbocycles. The molecule has 1 aliphatic rings. The Kier molecular flexibility index (Phi) is 5.96. The summed E-state index contributed by atoms with van der Waals surface area (Å²) in [7, 11) is 2.55. The van der Waals surface area contributed by atoms with Crippen LogP contribution in [0.25, 0.3) is 0 Å². The number of nitrogens with zero attached hydrogens (tertiary/aromatic N) is 3. The van der Waals surface area contributed by atoms with Gasteiger partial charge in [-0.2, -0.15) is 18.3 Å². The molecule has 0 spiro atoms. The van der Waals surface area contributed by atoms with E-state index in [0.29, 0.717) is 17.7 Å². The third kappa shape index (κ3) is 4.78. The molecule has 29 heavy (non-hydrogen) atoms. The highest BCUT2D eigenvalue weighted by Gasteiger charge is 2.39. The number of aryl methyl sites for hydroxylation is 1. The number of benzene rings is 1. The van der Waals surface area contributed by atoms with Gasteiger partial charge in [0.25, 0.3) is 0 Å². The van der Waals surface area contributed by atoms with Crippen LogP contribution in [0.2, 0.25) is 0 Å². The molecule has 2 aromatic rings. The van der Waals surface area contributed by atoms with Crippen molar-refractivity contribution in [2.75, 3.05) is 7.11 Å². The summed E-state index contributed by atoms with van der Waals surface area (Å²) >= 11 is 0.893. The molecule has 0 radical (unpaired) electrons. The number of methoxy groups -OCH3 is 1. The van der Waals surface area contributed by atoms with Crippen LogP contribution >= 0.6 is 11.8 Å². The van der Waals surface area contributed by atoms with E-state index in [0.717, 1.165) is 22.7 Å². The molecule has 0 amide bonds. The van der Waals surface area contributed by atoms with Gasteiger partial charge in [-0.05, 0) is 25.0 Å². The van der Waals surface area contributed by atoms with Gasteiger partial charge in [0.05, 0.1) is 30.4 Å². The minimum atomic E-state index is -4.75. The molecule has 3 rings (SSSR count). The van der Waals surface area contributed by atoms with Crippen LogP contribution in [0, 0.1) is 5.92 Å². The molecule has 1 heterocycles. The molecular weight excluding hydrogens is 411 g/mol. The number of alkyl halides is 3. The van der Waals surface area contributed by atoms with E-state index in [1.165, 1.54) is 20.2 Å². The van der Waals surface area contributed by atoms with E-state index in [9.17, 15) is 22.8 Å². The van der Waals surface area contributed by atoms with Crippen molar-refractivity contribution in [2.24, 2.45) is 18.1 Å². The molecule has 1 fully saturated rings. The van der Waals surface area contributed by atoms with E-state index in [4.69, 9.17) is 4.74 Å². The molecule has 0 unspecified atom stereocenters. The highest BCUT2D eigenvalue weighted by atomic mass is 32.2. The second-order valence-electron chi connectivity index (χ2n) is 6.20. The lowest BCUT2D eigenvalue weighted by Gasteiger charge is -2.08. The number of aromatic nitrogens is 2. The van der Waals surface area contributed by atoms with Crippen LogP contribution in [0.15, 0.2) is 39.3 Å². The number of esters is 1. The number of hydrogen-bond donors (Lipinski definition) is 0. The number of halogens is 3. The molecular formula is C18H16F3N3O4S. The molecule has 0 aliphatic heterocycles. The van der Waals surface area contributed by atoms with Gasteiger partial charge in [-0.1, -0.05) is 29.1 Å². The third-order valence-electron chi connectivity index (χ3n) is 4.03. The average molecular weight is 427 g/mol. The molecule has 1 saturated carbocycles. The molecule has 11 heteroatoms. The van der Waals surface area contributed by atoms with Crippen molar-refractivity contribution in [2.45, 2.75) is 28.9 Å². The number of rotatable bonds is 6. The highest BCUT2D eigenvalue weighted by molar-refractivity contribution is 7.99. The van der Waals surface area contributed by atoms with Crippen LogP contribution in [0.5, 0.6) is 0 Å². The molecule has 0 atom stereocenters. The van der Waals surface area contributed by atoms with Gasteiger partial charge >= 0.3 is 18.1 Å². The number of carbonyl (C=O) groups excluding carboxylic acids is 2. The molecule has 0 saturated heterocycles. The van der Waals surface area contributed by atoms with Crippen LogP contribution in [0.3, 0.4) is 0 Å².